The second-order valence-corrected chi connectivity index (χ2v) is 16.3. The zero-order valence-electron chi connectivity index (χ0n) is 30.5. The van der Waals surface area contributed by atoms with E-state index in [4.69, 9.17) is 5.73 Å². The van der Waals surface area contributed by atoms with Crippen molar-refractivity contribution >= 4 is 70.9 Å². The van der Waals surface area contributed by atoms with Crippen molar-refractivity contribution in [1.29, 1.82) is 5.26 Å². The van der Waals surface area contributed by atoms with Crippen LogP contribution in [-0.4, -0.2) is 92.4 Å². The Morgan fingerprint density at radius 3 is 2.37 bits per heavy atom. The number of benzene rings is 2. The van der Waals surface area contributed by atoms with Crippen molar-refractivity contribution in [3.8, 4) is 12.1 Å². The van der Waals surface area contributed by atoms with Gasteiger partial charge in [-0.15, -0.1) is 10.2 Å². The van der Waals surface area contributed by atoms with Crippen LogP contribution in [0.25, 0.3) is 0 Å². The molecule has 3 aromatic rings. The number of nitrogens with one attached hydrogen (secondary N) is 3. The first-order valence-corrected chi connectivity index (χ1v) is 20.1. The number of rotatable bonds is 13. The number of pyridine rings is 1. The number of aromatic hydroxyl groups is 1. The van der Waals surface area contributed by atoms with Crippen LogP contribution in [0.2, 0.25) is 0 Å². The molecule has 1 saturated heterocycles. The zero-order chi connectivity index (χ0) is 40.5. The first-order chi connectivity index (χ1) is 25.7. The fraction of sp³-hybridized carbons (Fsp3) is 0.276. The van der Waals surface area contributed by atoms with Gasteiger partial charge in [0, 0.05) is 17.8 Å². The second kappa shape index (κ2) is 18.4. The molecule has 2 aromatic carbocycles. The van der Waals surface area contributed by atoms with E-state index in [0.29, 0.717) is 5.69 Å². The van der Waals surface area contributed by atoms with E-state index in [-0.39, 0.29) is 95.4 Å². The predicted molar refractivity (Wildman–Crippen MR) is 190 cm³/mol. The Morgan fingerprint density at radius 2 is 1.79 bits per heavy atom. The average Bonchev–Trinajstić information content (AvgIpc) is 3.86. The molecule has 292 valence electrons. The van der Waals surface area contributed by atoms with E-state index in [2.05, 4.69) is 40.3 Å². The summed E-state index contributed by atoms with van der Waals surface area (Å²) in [5.41, 5.74) is 3.18. The van der Waals surface area contributed by atoms with Gasteiger partial charge < -0.3 is 25.3 Å². The number of aliphatic imine (C=N–C) groups is 2. The number of nitrogens with two attached hydrogens (primary N) is 1. The van der Waals surface area contributed by atoms with E-state index in [9.17, 15) is 54.3 Å². The van der Waals surface area contributed by atoms with Gasteiger partial charge in [-0.1, -0.05) is 18.2 Å². The van der Waals surface area contributed by atoms with Gasteiger partial charge in [-0.3, -0.25) is 29.0 Å². The van der Waals surface area contributed by atoms with Crippen LogP contribution in [0.5, 0.6) is 5.88 Å². The van der Waals surface area contributed by atoms with Gasteiger partial charge in [0.1, 0.15) is 27.1 Å². The summed E-state index contributed by atoms with van der Waals surface area (Å²) in [7, 11) is -14.6. The Balaban J connectivity index is 0.00000435. The van der Waals surface area contributed by atoms with Crippen molar-refractivity contribution in [3.05, 3.63) is 70.0 Å². The van der Waals surface area contributed by atoms with Crippen LogP contribution in [0, 0.1) is 18.4 Å². The molecular formula is C29H30N11Na2O12S3+. The Bertz CT molecular complexity index is 2600. The third-order valence-corrected chi connectivity index (χ3v) is 11.7. The second-order valence-electron chi connectivity index (χ2n) is 11.7. The van der Waals surface area contributed by atoms with Gasteiger partial charge in [0.15, 0.2) is 18.4 Å². The minimum absolute atomic E-state index is 0. The van der Waals surface area contributed by atoms with Crippen molar-refractivity contribution in [1.82, 2.24) is 19.7 Å². The van der Waals surface area contributed by atoms with Gasteiger partial charge in [-0.05, 0) is 44.2 Å². The van der Waals surface area contributed by atoms with Gasteiger partial charge in [-0.25, -0.2) is 34.7 Å². The van der Waals surface area contributed by atoms with Crippen LogP contribution in [0.1, 0.15) is 22.8 Å². The number of carbonyl (C=O) groups is 1. The summed E-state index contributed by atoms with van der Waals surface area (Å²) >= 11 is 0. The van der Waals surface area contributed by atoms with E-state index in [0.717, 1.165) is 22.8 Å². The molecule has 1 fully saturated rings. The van der Waals surface area contributed by atoms with Crippen molar-refractivity contribution in [2.45, 2.75) is 37.0 Å². The van der Waals surface area contributed by atoms with Crippen LogP contribution in [0.4, 0.5) is 22.7 Å². The number of quaternary nitrogens is 1. The number of guanidine groups is 2. The molecule has 6 N–H and O–H groups in total. The summed E-state index contributed by atoms with van der Waals surface area (Å²) in [6, 6.07) is 11.2. The van der Waals surface area contributed by atoms with Gasteiger partial charge in [0.2, 0.25) is 38.4 Å². The molecule has 0 spiro atoms. The maximum absolute atomic E-state index is 13.4. The summed E-state index contributed by atoms with van der Waals surface area (Å²) in [5.74, 6) is -2.93. The number of hydrogen-bond donors (Lipinski definition) is 5. The molecule has 0 radical (unpaired) electrons. The molecule has 1 aromatic heterocycles. The maximum atomic E-state index is 13.4. The molecule has 3 heterocycles. The SMILES string of the molecule is CCn1c(O)c(C(N)=O)c(C)c(N=Nc2cc(NC3N=C(NC#N)NC([N+]4(c5ccccc5)CC4S(=O)(=O)CCOS(=O)(=O)[O-])=N3)ccc2S(=O)(=O)[O-])c1=O.[Na+].[Na+]. The molecule has 2 aliphatic heterocycles. The topological polar surface area (TPSA) is 352 Å². The van der Waals surface area contributed by atoms with E-state index in [1.54, 1.807) is 36.5 Å². The van der Waals surface area contributed by atoms with E-state index in [1.165, 1.54) is 13.8 Å². The number of primary amides is 1. The Kier molecular flexibility index (Phi) is 15.4. The largest absolute Gasteiger partial charge is 1.00 e. The van der Waals surface area contributed by atoms with Crippen molar-refractivity contribution in [3.63, 3.8) is 0 Å². The Morgan fingerprint density at radius 1 is 1.12 bits per heavy atom. The summed E-state index contributed by atoms with van der Waals surface area (Å²) in [5, 5.41) is 34.1. The molecule has 3 unspecified atom stereocenters. The van der Waals surface area contributed by atoms with Crippen molar-refractivity contribution in [2.75, 3.05) is 24.2 Å². The van der Waals surface area contributed by atoms with Crippen molar-refractivity contribution < 1.29 is 108 Å². The number of nitriles is 1. The minimum Gasteiger partial charge on any atom is -0.744 e. The normalized spacial score (nSPS) is 19.1. The molecule has 1 amide bonds. The van der Waals surface area contributed by atoms with Gasteiger partial charge in [0.05, 0.1) is 17.3 Å². The van der Waals surface area contributed by atoms with Crippen LogP contribution >= 0.6 is 0 Å². The first kappa shape index (κ1) is 47.6. The summed E-state index contributed by atoms with van der Waals surface area (Å²) < 4.78 is 101. The maximum Gasteiger partial charge on any atom is 1.00 e. The van der Waals surface area contributed by atoms with Crippen molar-refractivity contribution in [2.24, 2.45) is 25.9 Å². The van der Waals surface area contributed by atoms with Gasteiger partial charge in [0.25, 0.3) is 16.8 Å². The number of amides is 1. The summed E-state index contributed by atoms with van der Waals surface area (Å²) in [4.78, 5) is 33.0. The molecule has 5 rings (SSSR count). The Hall–Kier alpha value is -3.82. The molecule has 57 heavy (non-hydrogen) atoms. The number of carbonyl (C=O) groups excluding carboxylic acids is 1. The number of nitrogens with zero attached hydrogens (tertiary/aromatic N) is 7. The smallest absolute Gasteiger partial charge is 0.744 e. The van der Waals surface area contributed by atoms with Gasteiger partial charge >= 0.3 is 65.1 Å². The fourth-order valence-electron chi connectivity index (χ4n) is 5.77. The summed E-state index contributed by atoms with van der Waals surface area (Å²) in [6.45, 7) is 1.54. The third-order valence-electron chi connectivity index (χ3n) is 8.31. The standard InChI is InChI=1S/C29H31N11O12S3.2Na/c1-3-39-25(42)22(24(31)41)16(2)23(26(39)43)38-37-19-13-17(9-10-20(19)54(46,47)48)33-28-34-27(32-15-30)35-29(36-28)40(18-7-5-4-6-8-18)14-21(40)53(44,45)12-11-52-55(49,50)51;;/h4-10,13,21,28,33H,3,11-12,14H2,1-2H3,(H6-,31,32,34,35,36,37,41,42,43,46,47,48,49,50,51);;/q;2*+1/p-1. The molecule has 23 nitrogen and oxygen atoms in total. The average molecular weight is 867 g/mol. The van der Waals surface area contributed by atoms with Crippen LogP contribution < -0.4 is 90.8 Å². The summed E-state index contributed by atoms with van der Waals surface area (Å²) in [6.07, 6.45) is 0.302. The molecule has 28 heteroatoms. The quantitative estimate of drug-likeness (QED) is 0.0156. The first-order valence-electron chi connectivity index (χ1n) is 15.6. The number of para-hydroxylation sites is 1. The molecule has 2 aliphatic rings. The number of sulfone groups is 1. The van der Waals surface area contributed by atoms with Gasteiger partial charge in [-0.2, -0.15) is 10.3 Å². The van der Waals surface area contributed by atoms with Crippen LogP contribution in [0.15, 0.2) is 78.4 Å². The van der Waals surface area contributed by atoms with E-state index < -0.39 is 98.0 Å². The van der Waals surface area contributed by atoms with Crippen LogP contribution in [-0.2, 0) is 41.1 Å². The Labute approximate surface area is 369 Å². The molecule has 3 atom stereocenters. The zero-order valence-corrected chi connectivity index (χ0v) is 36.9. The number of azo groups is 1. The van der Waals surface area contributed by atoms with E-state index in [1.807, 2.05) is 0 Å². The van der Waals surface area contributed by atoms with E-state index >= 15 is 0 Å². The molecule has 0 aliphatic carbocycles. The fourth-order valence-corrected chi connectivity index (χ4v) is 8.57. The molecular weight excluding hydrogens is 837 g/mol. The molecule has 0 saturated carbocycles. The predicted octanol–water partition coefficient (Wildman–Crippen LogP) is -6.37. The monoisotopic (exact) mass is 866 g/mol. The number of hydrogen-bond acceptors (Lipinski definition) is 20. The third kappa shape index (κ3) is 10.4. The number of anilines is 1. The molecule has 0 bridgehead atoms. The number of aromatic nitrogens is 1. The van der Waals surface area contributed by atoms with Crippen LogP contribution in [0.3, 0.4) is 0 Å². The minimum atomic E-state index is -5.21.